The van der Waals surface area contributed by atoms with Crippen LogP contribution >= 0.6 is 15.9 Å². The van der Waals surface area contributed by atoms with Crippen molar-refractivity contribution in [2.75, 3.05) is 13.1 Å². The molecule has 108 valence electrons. The zero-order valence-corrected chi connectivity index (χ0v) is 14.0. The van der Waals surface area contributed by atoms with E-state index in [1.807, 2.05) is 0 Å². The summed E-state index contributed by atoms with van der Waals surface area (Å²) >= 11 is 3.50. The lowest BCUT2D eigenvalue weighted by atomic mass is 9.93. The number of nitrogens with one attached hydrogen (secondary N) is 1. The highest BCUT2D eigenvalue weighted by atomic mass is 79.9. The molecule has 1 aromatic carbocycles. The molecule has 0 spiro atoms. The van der Waals surface area contributed by atoms with Crippen LogP contribution in [0.15, 0.2) is 28.7 Å². The van der Waals surface area contributed by atoms with Crippen LogP contribution in [0.1, 0.15) is 51.5 Å². The molecule has 0 aliphatic heterocycles. The number of hydrogen-bond acceptors (Lipinski definition) is 1. The third-order valence-corrected chi connectivity index (χ3v) is 4.12. The minimum Gasteiger partial charge on any atom is -0.317 e. The molecular weight excluding hydrogens is 298 g/mol. The van der Waals surface area contributed by atoms with E-state index < -0.39 is 0 Å². The fraction of sp³-hybridized carbons (Fsp3) is 0.647. The molecule has 1 nitrogen and oxygen atoms in total. The highest BCUT2D eigenvalue weighted by molar-refractivity contribution is 9.10. The Morgan fingerprint density at radius 3 is 2.42 bits per heavy atom. The molecule has 1 unspecified atom stereocenters. The predicted molar refractivity (Wildman–Crippen MR) is 88.6 cm³/mol. The van der Waals surface area contributed by atoms with E-state index in [4.69, 9.17) is 0 Å². The lowest BCUT2D eigenvalue weighted by Crippen LogP contribution is -2.24. The molecule has 0 heterocycles. The van der Waals surface area contributed by atoms with Crippen molar-refractivity contribution in [3.8, 4) is 0 Å². The average Bonchev–Trinajstić information content (AvgIpc) is 2.43. The van der Waals surface area contributed by atoms with E-state index in [-0.39, 0.29) is 0 Å². The van der Waals surface area contributed by atoms with Crippen molar-refractivity contribution in [1.29, 1.82) is 0 Å². The average molecular weight is 326 g/mol. The van der Waals surface area contributed by atoms with Gasteiger partial charge in [-0.3, -0.25) is 0 Å². The van der Waals surface area contributed by atoms with Crippen LogP contribution < -0.4 is 5.32 Å². The molecule has 0 saturated carbocycles. The maximum atomic E-state index is 3.51. The van der Waals surface area contributed by atoms with Gasteiger partial charge in [0, 0.05) is 4.47 Å². The summed E-state index contributed by atoms with van der Waals surface area (Å²) in [5, 5.41) is 3.51. The van der Waals surface area contributed by atoms with Gasteiger partial charge in [0.2, 0.25) is 0 Å². The minimum atomic E-state index is 0.776. The Labute approximate surface area is 127 Å². The number of halogens is 1. The van der Waals surface area contributed by atoms with Crippen LogP contribution in [0.3, 0.4) is 0 Å². The van der Waals surface area contributed by atoms with Crippen LogP contribution in [0, 0.1) is 5.92 Å². The summed E-state index contributed by atoms with van der Waals surface area (Å²) in [4.78, 5) is 0. The van der Waals surface area contributed by atoms with Gasteiger partial charge in [0.25, 0.3) is 0 Å². The third-order valence-electron chi connectivity index (χ3n) is 3.59. The molecule has 0 radical (unpaired) electrons. The Morgan fingerprint density at radius 2 is 1.79 bits per heavy atom. The largest absolute Gasteiger partial charge is 0.317 e. The molecule has 0 aliphatic rings. The SMILES string of the molecule is CCCCCCC(CNCC)Cc1ccc(Br)cc1. The van der Waals surface area contributed by atoms with E-state index in [2.05, 4.69) is 59.4 Å². The van der Waals surface area contributed by atoms with Crippen LogP contribution in [-0.2, 0) is 6.42 Å². The lowest BCUT2D eigenvalue weighted by molar-refractivity contribution is 0.426. The van der Waals surface area contributed by atoms with Crippen molar-refractivity contribution in [1.82, 2.24) is 5.32 Å². The van der Waals surface area contributed by atoms with Crippen molar-refractivity contribution in [2.24, 2.45) is 5.92 Å². The summed E-state index contributed by atoms with van der Waals surface area (Å²) in [6, 6.07) is 8.79. The second kappa shape index (κ2) is 10.4. The van der Waals surface area contributed by atoms with Crippen molar-refractivity contribution in [3.05, 3.63) is 34.3 Å². The summed E-state index contributed by atoms with van der Waals surface area (Å²) in [5.41, 5.74) is 1.46. The molecule has 0 saturated heterocycles. The van der Waals surface area contributed by atoms with Gasteiger partial charge in [0.1, 0.15) is 0 Å². The third kappa shape index (κ3) is 7.74. The topological polar surface area (TPSA) is 12.0 Å². The first-order chi connectivity index (χ1) is 9.26. The molecule has 2 heteroatoms. The quantitative estimate of drug-likeness (QED) is 0.584. The van der Waals surface area contributed by atoms with Crippen LogP contribution in [0.2, 0.25) is 0 Å². The Kier molecular flexibility index (Phi) is 9.19. The van der Waals surface area contributed by atoms with Gasteiger partial charge in [-0.05, 0) is 49.5 Å². The second-order valence-electron chi connectivity index (χ2n) is 5.35. The van der Waals surface area contributed by atoms with Crippen LogP contribution in [0.5, 0.6) is 0 Å². The number of hydrogen-bond donors (Lipinski definition) is 1. The zero-order valence-electron chi connectivity index (χ0n) is 12.4. The summed E-state index contributed by atoms with van der Waals surface area (Å²) in [6.07, 6.45) is 8.02. The highest BCUT2D eigenvalue weighted by Crippen LogP contribution is 2.18. The van der Waals surface area contributed by atoms with E-state index in [1.54, 1.807) is 0 Å². The van der Waals surface area contributed by atoms with Gasteiger partial charge in [0.15, 0.2) is 0 Å². The molecule has 0 bridgehead atoms. The molecule has 1 N–H and O–H groups in total. The second-order valence-corrected chi connectivity index (χ2v) is 6.27. The van der Waals surface area contributed by atoms with Crippen molar-refractivity contribution in [3.63, 3.8) is 0 Å². The Bertz CT molecular complexity index is 321. The summed E-state index contributed by atoms with van der Waals surface area (Å²) in [7, 11) is 0. The molecule has 1 atom stereocenters. The van der Waals surface area contributed by atoms with Gasteiger partial charge < -0.3 is 5.32 Å². The Balaban J connectivity index is 2.41. The van der Waals surface area contributed by atoms with E-state index in [1.165, 1.54) is 48.6 Å². The molecule has 19 heavy (non-hydrogen) atoms. The van der Waals surface area contributed by atoms with Crippen LogP contribution in [-0.4, -0.2) is 13.1 Å². The smallest absolute Gasteiger partial charge is 0.0175 e. The standard InChI is InChI=1S/C17H28BrN/c1-3-5-6-7-8-16(14-19-4-2)13-15-9-11-17(18)12-10-15/h9-12,16,19H,3-8,13-14H2,1-2H3. The molecule has 0 amide bonds. The summed E-state index contributed by atoms with van der Waals surface area (Å²) < 4.78 is 1.17. The van der Waals surface area contributed by atoms with Gasteiger partial charge in [-0.1, -0.05) is 67.6 Å². The van der Waals surface area contributed by atoms with E-state index in [0.717, 1.165) is 19.0 Å². The van der Waals surface area contributed by atoms with Crippen LogP contribution in [0.4, 0.5) is 0 Å². The van der Waals surface area contributed by atoms with Crippen molar-refractivity contribution in [2.45, 2.75) is 52.4 Å². The number of unbranched alkanes of at least 4 members (excludes halogenated alkanes) is 3. The van der Waals surface area contributed by atoms with Gasteiger partial charge in [-0.25, -0.2) is 0 Å². The molecule has 1 aromatic rings. The fourth-order valence-electron chi connectivity index (χ4n) is 2.44. The van der Waals surface area contributed by atoms with Crippen molar-refractivity contribution >= 4 is 15.9 Å². The molecule has 0 aliphatic carbocycles. The summed E-state index contributed by atoms with van der Waals surface area (Å²) in [5.74, 6) is 0.776. The Hall–Kier alpha value is -0.340. The predicted octanol–water partition coefficient (Wildman–Crippen LogP) is 5.19. The van der Waals surface area contributed by atoms with E-state index in [9.17, 15) is 0 Å². The van der Waals surface area contributed by atoms with E-state index >= 15 is 0 Å². The van der Waals surface area contributed by atoms with Gasteiger partial charge in [0.05, 0.1) is 0 Å². The molecule has 0 fully saturated rings. The number of benzene rings is 1. The minimum absolute atomic E-state index is 0.776. The first kappa shape index (κ1) is 16.7. The van der Waals surface area contributed by atoms with E-state index in [0.29, 0.717) is 0 Å². The molecular formula is C17H28BrN. The zero-order chi connectivity index (χ0) is 13.9. The Morgan fingerprint density at radius 1 is 1.05 bits per heavy atom. The van der Waals surface area contributed by atoms with Gasteiger partial charge in [-0.15, -0.1) is 0 Å². The fourth-order valence-corrected chi connectivity index (χ4v) is 2.70. The molecule has 1 rings (SSSR count). The maximum Gasteiger partial charge on any atom is 0.0175 e. The summed E-state index contributed by atoms with van der Waals surface area (Å²) in [6.45, 7) is 6.69. The number of rotatable bonds is 10. The lowest BCUT2D eigenvalue weighted by Gasteiger charge is -2.17. The van der Waals surface area contributed by atoms with Crippen molar-refractivity contribution < 1.29 is 0 Å². The van der Waals surface area contributed by atoms with Gasteiger partial charge in [-0.2, -0.15) is 0 Å². The van der Waals surface area contributed by atoms with Crippen LogP contribution in [0.25, 0.3) is 0 Å². The highest BCUT2D eigenvalue weighted by Gasteiger charge is 2.09. The normalized spacial score (nSPS) is 12.6. The maximum absolute atomic E-state index is 3.51. The monoisotopic (exact) mass is 325 g/mol. The molecule has 0 aromatic heterocycles. The van der Waals surface area contributed by atoms with Gasteiger partial charge >= 0.3 is 0 Å². The first-order valence-electron chi connectivity index (χ1n) is 7.71. The first-order valence-corrected chi connectivity index (χ1v) is 8.50.